The van der Waals surface area contributed by atoms with E-state index in [9.17, 15) is 0 Å². The summed E-state index contributed by atoms with van der Waals surface area (Å²) in [6.45, 7) is 4.67. The van der Waals surface area contributed by atoms with Gasteiger partial charge in [-0.2, -0.15) is 0 Å². The zero-order valence-corrected chi connectivity index (χ0v) is 9.31. The van der Waals surface area contributed by atoms with Gasteiger partial charge in [0.1, 0.15) is 0 Å². The summed E-state index contributed by atoms with van der Waals surface area (Å²) in [6.07, 6.45) is 4.27. The van der Waals surface area contributed by atoms with Gasteiger partial charge in [-0.05, 0) is 48.5 Å². The first kappa shape index (κ1) is 9.26. The largest absolute Gasteiger partial charge is 0.149 e. The second-order valence-corrected chi connectivity index (χ2v) is 5.70. The second kappa shape index (κ2) is 3.83. The van der Waals surface area contributed by atoms with Crippen LogP contribution < -0.4 is 0 Å². The summed E-state index contributed by atoms with van der Waals surface area (Å²) < 4.78 is 0. The molecule has 1 heterocycles. The van der Waals surface area contributed by atoms with E-state index in [1.54, 1.807) is 4.88 Å². The van der Waals surface area contributed by atoms with E-state index in [4.69, 9.17) is 0 Å². The summed E-state index contributed by atoms with van der Waals surface area (Å²) in [5, 5.41) is 2.19. The highest BCUT2D eigenvalue weighted by Crippen LogP contribution is 2.45. The Morgan fingerprint density at radius 2 is 2.31 bits per heavy atom. The highest BCUT2D eigenvalue weighted by Gasteiger charge is 2.36. The van der Waals surface area contributed by atoms with E-state index in [-0.39, 0.29) is 0 Å². The monoisotopic (exact) mass is 194 g/mol. The molecule has 0 spiro atoms. The van der Waals surface area contributed by atoms with Gasteiger partial charge in [-0.15, -0.1) is 11.3 Å². The number of hydrogen-bond donors (Lipinski definition) is 0. The van der Waals surface area contributed by atoms with Gasteiger partial charge in [0.2, 0.25) is 0 Å². The van der Waals surface area contributed by atoms with Gasteiger partial charge in [0.25, 0.3) is 0 Å². The van der Waals surface area contributed by atoms with E-state index in [1.807, 2.05) is 11.3 Å². The predicted octanol–water partition coefficient (Wildman–Crippen LogP) is 3.97. The van der Waals surface area contributed by atoms with Crippen LogP contribution in [-0.4, -0.2) is 0 Å². The van der Waals surface area contributed by atoms with E-state index in [1.165, 1.54) is 19.3 Å². The first-order chi connectivity index (χ1) is 6.25. The van der Waals surface area contributed by atoms with Crippen molar-refractivity contribution in [1.82, 2.24) is 0 Å². The summed E-state index contributed by atoms with van der Waals surface area (Å²) in [7, 11) is 0. The maximum absolute atomic E-state index is 2.33. The molecule has 2 atom stereocenters. The average molecular weight is 194 g/mol. The van der Waals surface area contributed by atoms with Crippen LogP contribution in [0.1, 0.15) is 31.6 Å². The highest BCUT2D eigenvalue weighted by atomic mass is 32.1. The third-order valence-electron chi connectivity index (χ3n) is 2.89. The van der Waals surface area contributed by atoms with E-state index < -0.39 is 0 Å². The molecule has 0 saturated heterocycles. The number of hydrogen-bond acceptors (Lipinski definition) is 1. The molecular weight excluding hydrogens is 176 g/mol. The zero-order chi connectivity index (χ0) is 9.26. The molecule has 1 aliphatic rings. The number of rotatable bonds is 4. The van der Waals surface area contributed by atoms with Crippen LogP contribution in [0.3, 0.4) is 0 Å². The Kier molecular flexibility index (Phi) is 2.73. The minimum absolute atomic E-state index is 0.887. The zero-order valence-electron chi connectivity index (χ0n) is 8.49. The summed E-state index contributed by atoms with van der Waals surface area (Å²) >= 11 is 1.91. The molecule has 1 fully saturated rings. The standard InChI is InChI=1S/C12H18S/c1-9(2)6-10-7-11(10)8-12-4-3-5-13-12/h3-5,9-11H,6-8H2,1-2H3. The van der Waals surface area contributed by atoms with Gasteiger partial charge in [-0.25, -0.2) is 0 Å². The lowest BCUT2D eigenvalue weighted by Crippen LogP contribution is -1.92. The van der Waals surface area contributed by atoms with E-state index >= 15 is 0 Å². The minimum Gasteiger partial charge on any atom is -0.149 e. The fourth-order valence-corrected chi connectivity index (χ4v) is 2.94. The molecule has 0 aromatic carbocycles. The van der Waals surface area contributed by atoms with Crippen LogP contribution in [0.2, 0.25) is 0 Å². The Morgan fingerprint density at radius 1 is 1.46 bits per heavy atom. The van der Waals surface area contributed by atoms with Crippen molar-refractivity contribution in [3.63, 3.8) is 0 Å². The average Bonchev–Trinajstić information content (AvgIpc) is 2.61. The molecule has 0 amide bonds. The minimum atomic E-state index is 0.887. The normalized spacial score (nSPS) is 26.7. The molecule has 1 saturated carbocycles. The van der Waals surface area contributed by atoms with Crippen molar-refractivity contribution in [2.24, 2.45) is 17.8 Å². The molecule has 72 valence electrons. The van der Waals surface area contributed by atoms with Crippen molar-refractivity contribution in [3.05, 3.63) is 22.4 Å². The smallest absolute Gasteiger partial charge is 0.00480 e. The lowest BCUT2D eigenvalue weighted by molar-refractivity contribution is 0.512. The van der Waals surface area contributed by atoms with Crippen molar-refractivity contribution in [2.75, 3.05) is 0 Å². The molecular formula is C12H18S. The molecule has 1 aliphatic carbocycles. The maximum Gasteiger partial charge on any atom is 0.00480 e. The van der Waals surface area contributed by atoms with Crippen molar-refractivity contribution < 1.29 is 0 Å². The van der Waals surface area contributed by atoms with Gasteiger partial charge >= 0.3 is 0 Å². The fourth-order valence-electron chi connectivity index (χ4n) is 2.14. The van der Waals surface area contributed by atoms with Crippen molar-refractivity contribution in [3.8, 4) is 0 Å². The van der Waals surface area contributed by atoms with Gasteiger partial charge in [0.05, 0.1) is 0 Å². The Morgan fingerprint density at radius 3 is 2.92 bits per heavy atom. The van der Waals surface area contributed by atoms with Crippen LogP contribution in [0.4, 0.5) is 0 Å². The number of thiophene rings is 1. The van der Waals surface area contributed by atoms with Gasteiger partial charge < -0.3 is 0 Å². The summed E-state index contributed by atoms with van der Waals surface area (Å²) in [6, 6.07) is 4.44. The van der Waals surface area contributed by atoms with Crippen LogP contribution in [0.15, 0.2) is 17.5 Å². The quantitative estimate of drug-likeness (QED) is 0.680. The Hall–Kier alpha value is -0.300. The maximum atomic E-state index is 2.33. The molecule has 1 aromatic rings. The van der Waals surface area contributed by atoms with Crippen LogP contribution in [0, 0.1) is 17.8 Å². The van der Waals surface area contributed by atoms with Crippen molar-refractivity contribution in [2.45, 2.75) is 33.1 Å². The highest BCUT2D eigenvalue weighted by molar-refractivity contribution is 7.09. The van der Waals surface area contributed by atoms with Gasteiger partial charge in [-0.3, -0.25) is 0 Å². The predicted molar refractivity (Wildman–Crippen MR) is 59.1 cm³/mol. The fraction of sp³-hybridized carbons (Fsp3) is 0.667. The third kappa shape index (κ3) is 2.57. The van der Waals surface area contributed by atoms with Crippen LogP contribution in [0.5, 0.6) is 0 Å². The van der Waals surface area contributed by atoms with E-state index in [0.717, 1.165) is 17.8 Å². The molecule has 1 heteroatoms. The Bertz CT molecular complexity index is 248. The SMILES string of the molecule is CC(C)CC1CC1Cc1cccs1. The Balaban J connectivity index is 1.75. The molecule has 2 rings (SSSR count). The molecule has 0 radical (unpaired) electrons. The molecule has 0 N–H and O–H groups in total. The van der Waals surface area contributed by atoms with Crippen LogP contribution in [-0.2, 0) is 6.42 Å². The Labute approximate surface area is 85.0 Å². The molecule has 2 unspecified atom stereocenters. The molecule has 0 nitrogen and oxygen atoms in total. The lowest BCUT2D eigenvalue weighted by atomic mass is 10.0. The first-order valence-electron chi connectivity index (χ1n) is 5.28. The second-order valence-electron chi connectivity index (χ2n) is 4.67. The van der Waals surface area contributed by atoms with Crippen molar-refractivity contribution >= 4 is 11.3 Å². The first-order valence-corrected chi connectivity index (χ1v) is 6.16. The van der Waals surface area contributed by atoms with Gasteiger partial charge in [0.15, 0.2) is 0 Å². The van der Waals surface area contributed by atoms with Crippen LogP contribution in [0.25, 0.3) is 0 Å². The molecule has 0 bridgehead atoms. The summed E-state index contributed by atoms with van der Waals surface area (Å²) in [5.74, 6) is 2.95. The lowest BCUT2D eigenvalue weighted by Gasteiger charge is -2.02. The molecule has 0 aliphatic heterocycles. The van der Waals surface area contributed by atoms with Gasteiger partial charge in [0, 0.05) is 4.88 Å². The van der Waals surface area contributed by atoms with Crippen LogP contribution >= 0.6 is 11.3 Å². The summed E-state index contributed by atoms with van der Waals surface area (Å²) in [4.78, 5) is 1.58. The summed E-state index contributed by atoms with van der Waals surface area (Å²) in [5.41, 5.74) is 0. The molecule has 1 aromatic heterocycles. The van der Waals surface area contributed by atoms with Gasteiger partial charge in [-0.1, -0.05) is 19.9 Å². The third-order valence-corrected chi connectivity index (χ3v) is 3.79. The van der Waals surface area contributed by atoms with E-state index in [2.05, 4.69) is 31.4 Å². The van der Waals surface area contributed by atoms with E-state index in [0.29, 0.717) is 0 Å². The molecule has 13 heavy (non-hydrogen) atoms. The topological polar surface area (TPSA) is 0 Å². The van der Waals surface area contributed by atoms with Crippen molar-refractivity contribution in [1.29, 1.82) is 0 Å².